The normalized spacial score (nSPS) is 12.4. The smallest absolute Gasteiger partial charge is 0.164 e. The van der Waals surface area contributed by atoms with E-state index in [1.54, 1.807) is 0 Å². The van der Waals surface area contributed by atoms with E-state index >= 15 is 0 Å². The Morgan fingerprint density at radius 3 is 1.68 bits per heavy atom. The van der Waals surface area contributed by atoms with Crippen molar-refractivity contribution in [1.82, 2.24) is 15.0 Å². The van der Waals surface area contributed by atoms with Crippen LogP contribution in [-0.2, 0) is 6.42 Å². The van der Waals surface area contributed by atoms with Crippen LogP contribution in [0.15, 0.2) is 150 Å². The third-order valence-corrected chi connectivity index (χ3v) is 8.98. The molecule has 47 heavy (non-hydrogen) atoms. The largest absolute Gasteiger partial charge is 0.456 e. The second-order valence-corrected chi connectivity index (χ2v) is 12.0. The average molecular weight is 604 g/mol. The minimum atomic E-state index is 0.618. The summed E-state index contributed by atoms with van der Waals surface area (Å²) in [5, 5.41) is 2.15. The number of fused-ring (bicyclic) bond motifs is 4. The first-order chi connectivity index (χ1) is 23.2. The summed E-state index contributed by atoms with van der Waals surface area (Å²) in [7, 11) is 0. The Morgan fingerprint density at radius 2 is 0.957 bits per heavy atom. The van der Waals surface area contributed by atoms with Crippen LogP contribution in [0.25, 0.3) is 84.4 Å². The fourth-order valence-electron chi connectivity index (χ4n) is 6.53. The highest BCUT2D eigenvalue weighted by Gasteiger charge is 2.16. The second-order valence-electron chi connectivity index (χ2n) is 12.0. The topological polar surface area (TPSA) is 51.8 Å². The van der Waals surface area contributed by atoms with Crippen LogP contribution in [0.5, 0.6) is 0 Å². The van der Waals surface area contributed by atoms with E-state index in [2.05, 4.69) is 115 Å². The van der Waals surface area contributed by atoms with Crippen molar-refractivity contribution in [3.8, 4) is 56.4 Å². The summed E-state index contributed by atoms with van der Waals surface area (Å²) in [5.74, 6) is 1.93. The van der Waals surface area contributed by atoms with Crippen LogP contribution in [0, 0.1) is 0 Å². The van der Waals surface area contributed by atoms with Gasteiger partial charge >= 0.3 is 0 Å². The maximum atomic E-state index is 6.51. The van der Waals surface area contributed by atoms with Crippen molar-refractivity contribution in [3.63, 3.8) is 0 Å². The lowest BCUT2D eigenvalue weighted by atomic mass is 9.95. The predicted molar refractivity (Wildman–Crippen MR) is 192 cm³/mol. The molecule has 4 nitrogen and oxygen atoms in total. The first kappa shape index (κ1) is 27.2. The summed E-state index contributed by atoms with van der Waals surface area (Å²) in [6.07, 6.45) is 6.50. The van der Waals surface area contributed by atoms with Gasteiger partial charge in [0.2, 0.25) is 0 Å². The zero-order valence-electron chi connectivity index (χ0n) is 25.6. The van der Waals surface area contributed by atoms with Gasteiger partial charge in [0.05, 0.1) is 0 Å². The summed E-state index contributed by atoms with van der Waals surface area (Å²) >= 11 is 0. The number of rotatable bonds is 5. The SMILES string of the molecule is C1=Cc2ccc(-c3nc(-c4ccccc4)nc(-c4ccc5c(c4)oc4cc(-c6cccc(-c7ccccc7)c6)ccc45)n3)cc2CC1. The maximum absolute atomic E-state index is 6.51. The van der Waals surface area contributed by atoms with Crippen molar-refractivity contribution in [3.05, 3.63) is 157 Å². The number of benzene rings is 6. The first-order valence-electron chi connectivity index (χ1n) is 16.0. The van der Waals surface area contributed by atoms with E-state index in [-0.39, 0.29) is 0 Å². The lowest BCUT2D eigenvalue weighted by molar-refractivity contribution is 0.669. The third-order valence-electron chi connectivity index (χ3n) is 8.98. The molecule has 1 aliphatic carbocycles. The summed E-state index contributed by atoms with van der Waals surface area (Å²) in [4.78, 5) is 14.9. The summed E-state index contributed by atoms with van der Waals surface area (Å²) in [5.41, 5.74) is 11.7. The molecule has 2 aromatic heterocycles. The van der Waals surface area contributed by atoms with Gasteiger partial charge in [-0.15, -0.1) is 0 Å². The van der Waals surface area contributed by atoms with Crippen LogP contribution in [0.1, 0.15) is 17.5 Å². The molecule has 222 valence electrons. The molecule has 0 spiro atoms. The van der Waals surface area contributed by atoms with E-state index in [0.717, 1.165) is 62.6 Å². The van der Waals surface area contributed by atoms with Crippen molar-refractivity contribution < 1.29 is 4.42 Å². The standard InChI is InChI=1S/C43H29N3O/c1-3-10-28(11-4-1)32-16-9-17-33(24-32)34-20-22-37-38-23-21-36(27-40(38)47-39(37)26-34)43-45-41(30-13-5-2-6-14-30)44-42(46-43)35-19-18-29-12-7-8-15-31(29)25-35/h1-7,9-14,16-27H,8,15H2. The molecule has 0 aliphatic heterocycles. The summed E-state index contributed by atoms with van der Waals surface area (Å²) < 4.78 is 6.51. The molecule has 1 aliphatic rings. The van der Waals surface area contributed by atoms with Crippen molar-refractivity contribution in [1.29, 1.82) is 0 Å². The van der Waals surface area contributed by atoms with Crippen molar-refractivity contribution >= 4 is 28.0 Å². The Bertz CT molecular complexity index is 2460. The quantitative estimate of drug-likeness (QED) is 0.196. The highest BCUT2D eigenvalue weighted by molar-refractivity contribution is 6.06. The van der Waals surface area contributed by atoms with Crippen LogP contribution in [0.4, 0.5) is 0 Å². The lowest BCUT2D eigenvalue weighted by Crippen LogP contribution is -2.01. The molecule has 0 saturated heterocycles. The second kappa shape index (κ2) is 11.3. The van der Waals surface area contributed by atoms with Crippen molar-refractivity contribution in [2.45, 2.75) is 12.8 Å². The number of nitrogens with zero attached hydrogens (tertiary/aromatic N) is 3. The molecule has 8 aromatic rings. The minimum absolute atomic E-state index is 0.618. The maximum Gasteiger partial charge on any atom is 0.164 e. The van der Waals surface area contributed by atoms with Crippen LogP contribution in [0.3, 0.4) is 0 Å². The monoisotopic (exact) mass is 603 g/mol. The fraction of sp³-hybridized carbons (Fsp3) is 0.0465. The number of aryl methyl sites for hydroxylation is 1. The Morgan fingerprint density at radius 1 is 0.426 bits per heavy atom. The zero-order valence-corrected chi connectivity index (χ0v) is 25.6. The van der Waals surface area contributed by atoms with Crippen molar-refractivity contribution in [2.24, 2.45) is 0 Å². The molecule has 0 atom stereocenters. The van der Waals surface area contributed by atoms with Gasteiger partial charge in [-0.2, -0.15) is 0 Å². The molecule has 0 radical (unpaired) electrons. The van der Waals surface area contributed by atoms with Gasteiger partial charge in [-0.05, 0) is 82.6 Å². The molecule has 0 bridgehead atoms. The summed E-state index contributed by atoms with van der Waals surface area (Å²) in [6, 6.07) is 48.4. The Kier molecular flexibility index (Phi) is 6.57. The molecule has 2 heterocycles. The molecule has 0 fully saturated rings. The molecule has 0 N–H and O–H groups in total. The number of hydrogen-bond donors (Lipinski definition) is 0. The number of furan rings is 1. The van der Waals surface area contributed by atoms with E-state index in [0.29, 0.717) is 17.5 Å². The Balaban J connectivity index is 1.13. The Labute approximate surface area is 272 Å². The van der Waals surface area contributed by atoms with E-state index in [4.69, 9.17) is 19.4 Å². The number of hydrogen-bond acceptors (Lipinski definition) is 4. The van der Waals surface area contributed by atoms with Gasteiger partial charge in [0.25, 0.3) is 0 Å². The first-order valence-corrected chi connectivity index (χ1v) is 16.0. The molecule has 4 heteroatoms. The van der Waals surface area contributed by atoms with Crippen LogP contribution in [-0.4, -0.2) is 15.0 Å². The number of aromatic nitrogens is 3. The van der Waals surface area contributed by atoms with Crippen molar-refractivity contribution in [2.75, 3.05) is 0 Å². The van der Waals surface area contributed by atoms with Crippen LogP contribution >= 0.6 is 0 Å². The van der Waals surface area contributed by atoms with Gasteiger partial charge in [0.1, 0.15) is 11.2 Å². The lowest BCUT2D eigenvalue weighted by Gasteiger charge is -2.13. The van der Waals surface area contributed by atoms with Gasteiger partial charge in [-0.25, -0.2) is 15.0 Å². The fourth-order valence-corrected chi connectivity index (χ4v) is 6.53. The third kappa shape index (κ3) is 5.10. The van der Waals surface area contributed by atoms with Gasteiger partial charge in [-0.1, -0.05) is 115 Å². The molecule has 6 aromatic carbocycles. The molecule has 0 unspecified atom stereocenters. The van der Waals surface area contributed by atoms with E-state index in [9.17, 15) is 0 Å². The average Bonchev–Trinajstić information content (AvgIpc) is 3.52. The van der Waals surface area contributed by atoms with E-state index < -0.39 is 0 Å². The summed E-state index contributed by atoms with van der Waals surface area (Å²) in [6.45, 7) is 0. The molecule has 0 saturated carbocycles. The van der Waals surface area contributed by atoms with Gasteiger partial charge in [0, 0.05) is 27.5 Å². The van der Waals surface area contributed by atoms with Gasteiger partial charge in [0.15, 0.2) is 17.5 Å². The number of allylic oxidation sites excluding steroid dienone is 1. The van der Waals surface area contributed by atoms with Gasteiger partial charge < -0.3 is 4.42 Å². The molecular formula is C43H29N3O. The van der Waals surface area contributed by atoms with E-state index in [1.165, 1.54) is 22.3 Å². The highest BCUT2D eigenvalue weighted by atomic mass is 16.3. The van der Waals surface area contributed by atoms with Crippen LogP contribution in [0.2, 0.25) is 0 Å². The Hall–Kier alpha value is -6.13. The minimum Gasteiger partial charge on any atom is -0.456 e. The van der Waals surface area contributed by atoms with E-state index in [1.807, 2.05) is 36.4 Å². The predicted octanol–water partition coefficient (Wildman–Crippen LogP) is 11.1. The highest BCUT2D eigenvalue weighted by Crippen LogP contribution is 2.36. The van der Waals surface area contributed by atoms with Crippen LogP contribution < -0.4 is 0 Å². The molecular weight excluding hydrogens is 574 g/mol. The molecule has 0 amide bonds. The molecule has 9 rings (SSSR count). The van der Waals surface area contributed by atoms with Gasteiger partial charge in [-0.3, -0.25) is 0 Å². The zero-order chi connectivity index (χ0) is 31.2.